The number of carbonyl (C=O) groups excluding carboxylic acids is 1. The van der Waals surface area contributed by atoms with Crippen LogP contribution in [-0.2, 0) is 4.79 Å². The minimum Gasteiger partial charge on any atom is -0.505 e. The summed E-state index contributed by atoms with van der Waals surface area (Å²) in [5, 5.41) is 19.2. The Morgan fingerprint density at radius 1 is 1.09 bits per heavy atom. The highest BCUT2D eigenvalue weighted by Gasteiger charge is 2.24. The maximum atomic E-state index is 12.7. The van der Waals surface area contributed by atoms with E-state index in [9.17, 15) is 19.5 Å². The average molecular weight is 448 g/mol. The number of rotatable bonds is 11. The van der Waals surface area contributed by atoms with E-state index in [2.05, 4.69) is 22.5 Å². The van der Waals surface area contributed by atoms with Crippen LogP contribution in [0, 0.1) is 0 Å². The van der Waals surface area contributed by atoms with Crippen LogP contribution >= 0.6 is 0 Å². The molecule has 2 rings (SSSR count). The van der Waals surface area contributed by atoms with Crippen molar-refractivity contribution in [1.29, 1.82) is 0 Å². The Balaban J connectivity index is 2.25. The summed E-state index contributed by atoms with van der Waals surface area (Å²) in [7, 11) is 0. The molecule has 0 saturated carbocycles. The number of aliphatic hydroxyl groups is 1. The number of amides is 1. The molecule has 0 bridgehead atoms. The Morgan fingerprint density at radius 3 is 2.33 bits per heavy atom. The minimum atomic E-state index is -0.717. The van der Waals surface area contributed by atoms with Gasteiger partial charge < -0.3 is 21.1 Å². The highest BCUT2D eigenvalue weighted by atomic mass is 16.3. The van der Waals surface area contributed by atoms with E-state index in [0.29, 0.717) is 5.69 Å². The molecule has 0 heterocycles. The second kappa shape index (κ2) is 12.0. The van der Waals surface area contributed by atoms with Crippen LogP contribution in [0.1, 0.15) is 27.2 Å². The summed E-state index contributed by atoms with van der Waals surface area (Å²) >= 11 is 0. The summed E-state index contributed by atoms with van der Waals surface area (Å²) in [6.45, 7) is 9.42. The fraction of sp³-hybridized carbons (Fsp3) is 0.192. The molecule has 0 saturated heterocycles. The Labute approximate surface area is 193 Å². The number of allylic oxidation sites excluding steroid dienone is 3. The SMILES string of the molecule is C=C/C(C(=O)NCC(/C=C\C)=C/CC)=C(O)\C(=C/C)Nc1c(Nc2ccccc2)c(=O)c1=O. The molecule has 0 fully saturated rings. The van der Waals surface area contributed by atoms with Gasteiger partial charge in [-0.25, -0.2) is 0 Å². The number of carbonyl (C=O) groups is 1. The van der Waals surface area contributed by atoms with Crippen LogP contribution in [0.2, 0.25) is 0 Å². The predicted octanol–water partition coefficient (Wildman–Crippen LogP) is 4.37. The first-order valence-corrected chi connectivity index (χ1v) is 10.6. The van der Waals surface area contributed by atoms with Crippen LogP contribution in [0.4, 0.5) is 17.1 Å². The molecule has 7 heteroatoms. The largest absolute Gasteiger partial charge is 0.505 e. The van der Waals surface area contributed by atoms with Gasteiger partial charge in [0.1, 0.15) is 11.4 Å². The first-order valence-electron chi connectivity index (χ1n) is 10.6. The Morgan fingerprint density at radius 2 is 1.76 bits per heavy atom. The lowest BCUT2D eigenvalue weighted by molar-refractivity contribution is -0.117. The average Bonchev–Trinajstić information content (AvgIpc) is 2.83. The summed E-state index contributed by atoms with van der Waals surface area (Å²) in [6, 6.07) is 8.92. The fourth-order valence-electron chi connectivity index (χ4n) is 3.09. The van der Waals surface area contributed by atoms with Crippen molar-refractivity contribution in [2.45, 2.75) is 27.2 Å². The van der Waals surface area contributed by atoms with E-state index in [1.54, 1.807) is 31.2 Å². The molecule has 0 radical (unpaired) electrons. The van der Waals surface area contributed by atoms with Gasteiger partial charge in [-0.1, -0.05) is 62.1 Å². The van der Waals surface area contributed by atoms with Crippen molar-refractivity contribution in [3.05, 3.63) is 110 Å². The maximum Gasteiger partial charge on any atom is 0.255 e. The second-order valence-corrected chi connectivity index (χ2v) is 7.06. The molecule has 0 aliphatic heterocycles. The molecule has 0 aliphatic carbocycles. The summed E-state index contributed by atoms with van der Waals surface area (Å²) < 4.78 is 0. The van der Waals surface area contributed by atoms with Crippen molar-refractivity contribution >= 4 is 23.0 Å². The smallest absolute Gasteiger partial charge is 0.255 e. The number of nitrogens with one attached hydrogen (secondary N) is 3. The zero-order valence-corrected chi connectivity index (χ0v) is 19.1. The number of aliphatic hydroxyl groups excluding tert-OH is 1. The molecule has 2 aromatic carbocycles. The van der Waals surface area contributed by atoms with Gasteiger partial charge >= 0.3 is 0 Å². The summed E-state index contributed by atoms with van der Waals surface area (Å²) in [5.41, 5.74) is 0.312. The molecule has 1 amide bonds. The second-order valence-electron chi connectivity index (χ2n) is 7.06. The zero-order chi connectivity index (χ0) is 24.4. The van der Waals surface area contributed by atoms with Crippen molar-refractivity contribution in [2.75, 3.05) is 17.2 Å². The number of anilines is 3. The monoisotopic (exact) mass is 447 g/mol. The van der Waals surface area contributed by atoms with Crippen molar-refractivity contribution in [3.63, 3.8) is 0 Å². The molecule has 0 aromatic heterocycles. The highest BCUT2D eigenvalue weighted by Crippen LogP contribution is 2.24. The van der Waals surface area contributed by atoms with Gasteiger partial charge in [-0.05, 0) is 38.0 Å². The topological polar surface area (TPSA) is 108 Å². The molecule has 0 atom stereocenters. The molecule has 0 unspecified atom stereocenters. The van der Waals surface area contributed by atoms with Gasteiger partial charge in [0.05, 0.1) is 11.3 Å². The zero-order valence-electron chi connectivity index (χ0n) is 19.1. The van der Waals surface area contributed by atoms with Crippen LogP contribution < -0.4 is 26.8 Å². The van der Waals surface area contributed by atoms with Gasteiger partial charge in [-0.2, -0.15) is 0 Å². The third-order valence-electron chi connectivity index (χ3n) is 4.76. The molecule has 2 aromatic rings. The maximum absolute atomic E-state index is 12.7. The van der Waals surface area contributed by atoms with Crippen LogP contribution in [0.5, 0.6) is 0 Å². The van der Waals surface area contributed by atoms with E-state index >= 15 is 0 Å². The Kier molecular flexibility index (Phi) is 9.17. The lowest BCUT2D eigenvalue weighted by Crippen LogP contribution is -2.36. The normalized spacial score (nSPS) is 13.1. The van der Waals surface area contributed by atoms with E-state index in [-0.39, 0.29) is 29.2 Å². The Hall–Kier alpha value is -4.13. The molecule has 0 aliphatic rings. The van der Waals surface area contributed by atoms with Gasteiger partial charge in [-0.3, -0.25) is 14.4 Å². The van der Waals surface area contributed by atoms with E-state index in [1.165, 1.54) is 12.2 Å². The molecule has 4 N–H and O–H groups in total. The van der Waals surface area contributed by atoms with Crippen molar-refractivity contribution < 1.29 is 9.90 Å². The van der Waals surface area contributed by atoms with Crippen molar-refractivity contribution in [3.8, 4) is 0 Å². The molecule has 172 valence electrons. The molecule has 0 spiro atoms. The summed E-state index contributed by atoms with van der Waals surface area (Å²) in [6.07, 6.45) is 9.31. The fourth-order valence-corrected chi connectivity index (χ4v) is 3.09. The van der Waals surface area contributed by atoms with Gasteiger partial charge in [0, 0.05) is 12.2 Å². The number of hydrogen-bond donors (Lipinski definition) is 4. The number of para-hydroxylation sites is 1. The Bertz CT molecular complexity index is 1190. The van der Waals surface area contributed by atoms with Gasteiger partial charge in [0.2, 0.25) is 0 Å². The molecule has 33 heavy (non-hydrogen) atoms. The molecule has 7 nitrogen and oxygen atoms in total. The van der Waals surface area contributed by atoms with Gasteiger partial charge in [0.25, 0.3) is 16.8 Å². The van der Waals surface area contributed by atoms with Crippen LogP contribution in [0.15, 0.2) is 99.5 Å². The lowest BCUT2D eigenvalue weighted by atomic mass is 10.1. The first-order chi connectivity index (χ1) is 15.9. The van der Waals surface area contributed by atoms with E-state index in [1.807, 2.05) is 38.1 Å². The van der Waals surface area contributed by atoms with Crippen molar-refractivity contribution in [1.82, 2.24) is 5.32 Å². The van der Waals surface area contributed by atoms with E-state index in [0.717, 1.165) is 12.0 Å². The van der Waals surface area contributed by atoms with Gasteiger partial charge in [-0.15, -0.1) is 0 Å². The third kappa shape index (κ3) is 6.20. The molecular weight excluding hydrogens is 418 g/mol. The highest BCUT2D eigenvalue weighted by molar-refractivity contribution is 5.97. The first kappa shape index (κ1) is 25.1. The summed E-state index contributed by atoms with van der Waals surface area (Å²) in [5.74, 6) is -0.918. The third-order valence-corrected chi connectivity index (χ3v) is 4.76. The quantitative estimate of drug-likeness (QED) is 0.176. The minimum absolute atomic E-state index is 0.00794. The van der Waals surface area contributed by atoms with E-state index in [4.69, 9.17) is 0 Å². The van der Waals surface area contributed by atoms with Crippen LogP contribution in [0.25, 0.3) is 0 Å². The number of hydrogen-bond acceptors (Lipinski definition) is 6. The van der Waals surface area contributed by atoms with Crippen LogP contribution in [-0.4, -0.2) is 17.6 Å². The molecular formula is C26H29N3O4. The van der Waals surface area contributed by atoms with Crippen LogP contribution in [0.3, 0.4) is 0 Å². The van der Waals surface area contributed by atoms with Gasteiger partial charge in [0.15, 0.2) is 5.76 Å². The number of benzene rings is 1. The van der Waals surface area contributed by atoms with E-state index < -0.39 is 22.5 Å². The lowest BCUT2D eigenvalue weighted by Gasteiger charge is -2.17. The summed E-state index contributed by atoms with van der Waals surface area (Å²) in [4.78, 5) is 36.9. The standard InChI is InChI=1S/C26H29N3O4/c1-5-12-17(13-6-2)16-27-26(33)19(7-3)23(30)20(8-4)29-22-21(24(31)25(22)32)28-18-14-10-9-11-15-18/h5,7-15,28-30H,3,6,16H2,1-2,4H3,(H,27,33)/b12-5-,17-13+,20-8+,23-19-. The predicted molar refractivity (Wildman–Crippen MR) is 135 cm³/mol. The van der Waals surface area contributed by atoms with Crippen molar-refractivity contribution in [2.24, 2.45) is 0 Å².